The van der Waals surface area contributed by atoms with E-state index >= 15 is 0 Å². The number of amides is 3. The van der Waals surface area contributed by atoms with Crippen molar-refractivity contribution in [2.45, 2.75) is 38.9 Å². The first-order valence-electron chi connectivity index (χ1n) is 9.42. The Morgan fingerprint density at radius 2 is 2.15 bits per heavy atom. The molecule has 4 aliphatic rings. The van der Waals surface area contributed by atoms with Gasteiger partial charge in [0, 0.05) is 19.6 Å². The number of fused-ring (bicyclic) bond motifs is 1. The minimum Gasteiger partial charge on any atom is -0.360 e. The van der Waals surface area contributed by atoms with E-state index in [1.165, 1.54) is 0 Å². The summed E-state index contributed by atoms with van der Waals surface area (Å²) in [6, 6.07) is 0. The molecule has 4 aliphatic heterocycles. The largest absolute Gasteiger partial charge is 0.360 e. The second-order valence-electron chi connectivity index (χ2n) is 9.12. The monoisotopic (exact) mass is 361 g/mol. The Morgan fingerprint density at radius 1 is 1.38 bits per heavy atom. The zero-order chi connectivity index (χ0) is 18.7. The van der Waals surface area contributed by atoms with Crippen molar-refractivity contribution in [1.29, 1.82) is 0 Å². The number of hydrogen-bond donors (Lipinski definition) is 1. The van der Waals surface area contributed by atoms with Crippen molar-refractivity contribution in [3.63, 3.8) is 0 Å². The van der Waals surface area contributed by atoms with Crippen LogP contribution in [0.25, 0.3) is 0 Å². The van der Waals surface area contributed by atoms with Crippen LogP contribution in [-0.4, -0.2) is 72.0 Å². The zero-order valence-corrected chi connectivity index (χ0v) is 15.7. The van der Waals surface area contributed by atoms with E-state index in [0.717, 1.165) is 6.42 Å². The first kappa shape index (κ1) is 17.5. The summed E-state index contributed by atoms with van der Waals surface area (Å²) in [5.74, 6) is -1.27. The highest BCUT2D eigenvalue weighted by Gasteiger charge is 2.67. The van der Waals surface area contributed by atoms with Crippen LogP contribution in [-0.2, 0) is 19.1 Å². The van der Waals surface area contributed by atoms with Gasteiger partial charge in [0.2, 0.25) is 17.7 Å². The molecule has 3 amide bonds. The van der Waals surface area contributed by atoms with Gasteiger partial charge in [-0.05, 0) is 11.8 Å². The second kappa shape index (κ2) is 5.81. The summed E-state index contributed by atoms with van der Waals surface area (Å²) in [6.07, 6.45) is 4.26. The average Bonchev–Trinajstić information content (AvgIpc) is 3.10. The lowest BCUT2D eigenvalue weighted by atomic mass is 9.76. The number of rotatable bonds is 2. The molecule has 4 rings (SSSR count). The fourth-order valence-corrected chi connectivity index (χ4v) is 4.77. The topological polar surface area (TPSA) is 79.0 Å². The number of likely N-dealkylation sites (tertiary alicyclic amines) is 1. The third-order valence-corrected chi connectivity index (χ3v) is 5.70. The SMILES string of the molecule is CC(C)(C)CN1C[C@]23C=C[C@H](O2)[C@@H](C(=O)N2CCCNC(=O)C2)[C@H]3C1=O. The van der Waals surface area contributed by atoms with Gasteiger partial charge in [-0.25, -0.2) is 0 Å². The Hall–Kier alpha value is -1.89. The number of nitrogens with zero attached hydrogens (tertiary/aromatic N) is 2. The van der Waals surface area contributed by atoms with Gasteiger partial charge in [0.25, 0.3) is 0 Å². The number of hydrogen-bond acceptors (Lipinski definition) is 4. The molecule has 7 heteroatoms. The third-order valence-electron chi connectivity index (χ3n) is 5.70. The van der Waals surface area contributed by atoms with E-state index in [1.807, 2.05) is 17.1 Å². The molecule has 4 heterocycles. The molecule has 1 N–H and O–H groups in total. The van der Waals surface area contributed by atoms with E-state index in [0.29, 0.717) is 26.2 Å². The van der Waals surface area contributed by atoms with Crippen molar-refractivity contribution >= 4 is 17.7 Å². The molecule has 2 bridgehead atoms. The van der Waals surface area contributed by atoms with Crippen LogP contribution in [0.2, 0.25) is 0 Å². The van der Waals surface area contributed by atoms with E-state index in [1.54, 1.807) is 4.90 Å². The molecule has 26 heavy (non-hydrogen) atoms. The lowest BCUT2D eigenvalue weighted by Gasteiger charge is -2.30. The Morgan fingerprint density at radius 3 is 2.88 bits per heavy atom. The van der Waals surface area contributed by atoms with Gasteiger partial charge >= 0.3 is 0 Å². The molecule has 7 nitrogen and oxygen atoms in total. The summed E-state index contributed by atoms with van der Waals surface area (Å²) in [7, 11) is 0. The Bertz CT molecular complexity index is 683. The predicted molar refractivity (Wildman–Crippen MR) is 94.0 cm³/mol. The first-order chi connectivity index (χ1) is 12.2. The molecule has 0 aromatic carbocycles. The van der Waals surface area contributed by atoms with E-state index < -0.39 is 17.4 Å². The summed E-state index contributed by atoms with van der Waals surface area (Å²) >= 11 is 0. The van der Waals surface area contributed by atoms with Crippen LogP contribution in [0.5, 0.6) is 0 Å². The van der Waals surface area contributed by atoms with Crippen molar-refractivity contribution in [3.05, 3.63) is 12.2 Å². The van der Waals surface area contributed by atoms with Crippen LogP contribution in [0.3, 0.4) is 0 Å². The Kier molecular flexibility index (Phi) is 3.91. The number of nitrogens with one attached hydrogen (secondary N) is 1. The maximum Gasteiger partial charge on any atom is 0.239 e. The highest BCUT2D eigenvalue weighted by Crippen LogP contribution is 2.52. The van der Waals surface area contributed by atoms with E-state index in [-0.39, 0.29) is 35.8 Å². The predicted octanol–water partition coefficient (Wildman–Crippen LogP) is 0.163. The summed E-state index contributed by atoms with van der Waals surface area (Å²) in [5, 5.41) is 2.79. The molecule has 0 radical (unpaired) electrons. The van der Waals surface area contributed by atoms with Crippen LogP contribution in [0.15, 0.2) is 12.2 Å². The van der Waals surface area contributed by atoms with Crippen molar-refractivity contribution in [2.75, 3.05) is 32.7 Å². The molecule has 0 saturated carbocycles. The summed E-state index contributed by atoms with van der Waals surface area (Å²) < 4.78 is 6.16. The Balaban J connectivity index is 1.58. The molecule has 142 valence electrons. The molecule has 0 unspecified atom stereocenters. The minimum atomic E-state index is -0.679. The first-order valence-corrected chi connectivity index (χ1v) is 9.42. The lowest BCUT2D eigenvalue weighted by molar-refractivity contribution is -0.144. The van der Waals surface area contributed by atoms with Gasteiger partial charge in [0.15, 0.2) is 0 Å². The number of carbonyl (C=O) groups is 3. The molecular formula is C19H27N3O4. The van der Waals surface area contributed by atoms with Crippen LogP contribution in [0.4, 0.5) is 0 Å². The Labute approximate surface area is 153 Å². The van der Waals surface area contributed by atoms with Gasteiger partial charge in [0.1, 0.15) is 5.60 Å². The maximum absolute atomic E-state index is 13.2. The van der Waals surface area contributed by atoms with E-state index in [4.69, 9.17) is 4.74 Å². The standard InChI is InChI=1S/C19H27N3O4/c1-18(2,3)10-22-11-19-6-5-12(26-19)14(15(19)17(22)25)16(24)21-8-4-7-20-13(23)9-21/h5-6,12,14-15H,4,7-11H2,1-3H3,(H,20,23)/t12-,14+,15-,19-/m0/s1. The van der Waals surface area contributed by atoms with Crippen molar-refractivity contribution in [2.24, 2.45) is 17.3 Å². The second-order valence-corrected chi connectivity index (χ2v) is 9.12. The summed E-state index contributed by atoms with van der Waals surface area (Å²) in [5.41, 5.74) is -0.698. The fourth-order valence-electron chi connectivity index (χ4n) is 4.77. The van der Waals surface area contributed by atoms with Gasteiger partial charge in [-0.15, -0.1) is 0 Å². The third kappa shape index (κ3) is 2.73. The minimum absolute atomic E-state index is 0.00407. The van der Waals surface area contributed by atoms with Gasteiger partial charge in [-0.3, -0.25) is 14.4 Å². The normalized spacial score (nSPS) is 36.3. The molecule has 0 aromatic rings. The number of ether oxygens (including phenoxy) is 1. The van der Waals surface area contributed by atoms with Gasteiger partial charge < -0.3 is 19.9 Å². The van der Waals surface area contributed by atoms with E-state index in [9.17, 15) is 14.4 Å². The van der Waals surface area contributed by atoms with E-state index in [2.05, 4.69) is 26.1 Å². The van der Waals surface area contributed by atoms with Crippen molar-refractivity contribution in [3.8, 4) is 0 Å². The summed E-state index contributed by atoms with van der Waals surface area (Å²) in [6.45, 7) is 8.61. The van der Waals surface area contributed by atoms with Crippen LogP contribution < -0.4 is 5.32 Å². The van der Waals surface area contributed by atoms with Crippen LogP contribution in [0.1, 0.15) is 27.2 Å². The van der Waals surface area contributed by atoms with Gasteiger partial charge in [0.05, 0.1) is 31.0 Å². The molecule has 3 saturated heterocycles. The average molecular weight is 361 g/mol. The molecule has 4 atom stereocenters. The van der Waals surface area contributed by atoms with Gasteiger partial charge in [-0.2, -0.15) is 0 Å². The zero-order valence-electron chi connectivity index (χ0n) is 15.7. The quantitative estimate of drug-likeness (QED) is 0.711. The molecule has 0 aliphatic carbocycles. The molecule has 1 spiro atoms. The smallest absolute Gasteiger partial charge is 0.239 e. The van der Waals surface area contributed by atoms with Gasteiger partial charge in [-0.1, -0.05) is 32.9 Å². The van der Waals surface area contributed by atoms with Crippen molar-refractivity contribution < 1.29 is 19.1 Å². The fraction of sp³-hybridized carbons (Fsp3) is 0.737. The molecule has 3 fully saturated rings. The van der Waals surface area contributed by atoms with Crippen LogP contribution in [0, 0.1) is 17.3 Å². The number of carbonyl (C=O) groups excluding carboxylic acids is 3. The highest BCUT2D eigenvalue weighted by atomic mass is 16.5. The molecular weight excluding hydrogens is 334 g/mol. The van der Waals surface area contributed by atoms with Crippen LogP contribution >= 0.6 is 0 Å². The lowest BCUT2D eigenvalue weighted by Crippen LogP contribution is -2.48. The summed E-state index contributed by atoms with van der Waals surface area (Å²) in [4.78, 5) is 41.6. The van der Waals surface area contributed by atoms with Crippen molar-refractivity contribution in [1.82, 2.24) is 15.1 Å². The highest BCUT2D eigenvalue weighted by molar-refractivity contribution is 5.94. The maximum atomic E-state index is 13.2. The molecule has 0 aromatic heterocycles.